The topological polar surface area (TPSA) is 88.4 Å². The smallest absolute Gasteiger partial charge is 0.184 e. The second-order valence-corrected chi connectivity index (χ2v) is 4.30. The van der Waals surface area contributed by atoms with Gasteiger partial charge in [0.1, 0.15) is 24.4 Å². The molecule has 0 saturated carbocycles. The summed E-state index contributed by atoms with van der Waals surface area (Å²) in [4.78, 5) is 0. The molecule has 6 nitrogen and oxygen atoms in total. The average molecular weight is 220 g/mol. The zero-order chi connectivity index (χ0) is 11.2. The number of aliphatic hydroxyl groups excluding tert-OH is 3. The van der Waals surface area contributed by atoms with Crippen LogP contribution in [0, 0.1) is 0 Å². The minimum absolute atomic E-state index is 0.370. The third-order valence-electron chi connectivity index (χ3n) is 2.66. The maximum absolute atomic E-state index is 9.79. The molecular formula is C9H16O6. The van der Waals surface area contributed by atoms with Crippen LogP contribution in [0.15, 0.2) is 0 Å². The maximum Gasteiger partial charge on any atom is 0.184 e. The lowest BCUT2D eigenvalue weighted by molar-refractivity contribution is -0.262. The molecule has 2 fully saturated rings. The van der Waals surface area contributed by atoms with Gasteiger partial charge in [0.05, 0.1) is 6.61 Å². The quantitative estimate of drug-likeness (QED) is 0.502. The number of hydrogen-bond donors (Lipinski definition) is 3. The standard InChI is InChI=1S/C9H16O6/c1-9(2)14-6-5(11)4(3-10)13-8(12)7(6)15-9/h4-8,10-12H,3H2,1-2H3/t4-,5+,6+,7-,8+/m1/s1. The van der Waals surface area contributed by atoms with E-state index >= 15 is 0 Å². The minimum Gasteiger partial charge on any atom is -0.394 e. The first-order valence-electron chi connectivity index (χ1n) is 4.93. The first-order chi connectivity index (χ1) is 6.94. The van der Waals surface area contributed by atoms with Crippen molar-refractivity contribution in [3.05, 3.63) is 0 Å². The number of fused-ring (bicyclic) bond motifs is 1. The Morgan fingerprint density at radius 3 is 2.33 bits per heavy atom. The van der Waals surface area contributed by atoms with E-state index in [0.29, 0.717) is 0 Å². The van der Waals surface area contributed by atoms with Gasteiger partial charge >= 0.3 is 0 Å². The van der Waals surface area contributed by atoms with Gasteiger partial charge in [0.2, 0.25) is 0 Å². The van der Waals surface area contributed by atoms with Gasteiger partial charge in [-0.3, -0.25) is 0 Å². The number of aliphatic hydroxyl groups is 3. The molecule has 6 heteroatoms. The van der Waals surface area contributed by atoms with Crippen LogP contribution in [-0.4, -0.2) is 58.4 Å². The Bertz CT molecular complexity index is 243. The monoisotopic (exact) mass is 220 g/mol. The Hall–Kier alpha value is -0.240. The van der Waals surface area contributed by atoms with Crippen molar-refractivity contribution in [2.75, 3.05) is 6.61 Å². The van der Waals surface area contributed by atoms with Crippen LogP contribution in [0.5, 0.6) is 0 Å². The summed E-state index contributed by atoms with van der Waals surface area (Å²) in [6, 6.07) is 0. The van der Waals surface area contributed by atoms with E-state index in [2.05, 4.69) is 0 Å². The molecule has 2 saturated heterocycles. The van der Waals surface area contributed by atoms with Crippen LogP contribution in [0.2, 0.25) is 0 Å². The number of rotatable bonds is 1. The van der Waals surface area contributed by atoms with Gasteiger partial charge in [0.25, 0.3) is 0 Å². The largest absolute Gasteiger partial charge is 0.394 e. The second kappa shape index (κ2) is 3.65. The van der Waals surface area contributed by atoms with Crippen LogP contribution >= 0.6 is 0 Å². The van der Waals surface area contributed by atoms with E-state index in [1.807, 2.05) is 0 Å². The van der Waals surface area contributed by atoms with Gasteiger partial charge in [-0.15, -0.1) is 0 Å². The zero-order valence-corrected chi connectivity index (χ0v) is 8.66. The molecule has 88 valence electrons. The fourth-order valence-corrected chi connectivity index (χ4v) is 2.00. The van der Waals surface area contributed by atoms with Crippen molar-refractivity contribution in [3.63, 3.8) is 0 Å². The Kier molecular flexibility index (Phi) is 2.74. The average Bonchev–Trinajstić information content (AvgIpc) is 2.48. The predicted molar refractivity (Wildman–Crippen MR) is 47.8 cm³/mol. The van der Waals surface area contributed by atoms with Crippen molar-refractivity contribution < 1.29 is 29.5 Å². The number of ether oxygens (including phenoxy) is 3. The molecule has 0 bridgehead atoms. The van der Waals surface area contributed by atoms with Crippen molar-refractivity contribution in [1.82, 2.24) is 0 Å². The molecule has 0 spiro atoms. The lowest BCUT2D eigenvalue weighted by atomic mass is 9.99. The van der Waals surface area contributed by atoms with Gasteiger partial charge in [0.15, 0.2) is 12.1 Å². The summed E-state index contributed by atoms with van der Waals surface area (Å²) < 4.78 is 15.8. The third kappa shape index (κ3) is 1.89. The van der Waals surface area contributed by atoms with Gasteiger partial charge < -0.3 is 29.5 Å². The van der Waals surface area contributed by atoms with Crippen molar-refractivity contribution >= 4 is 0 Å². The molecule has 0 radical (unpaired) electrons. The Balaban J connectivity index is 2.16. The highest BCUT2D eigenvalue weighted by atomic mass is 16.8. The molecule has 2 rings (SSSR count). The summed E-state index contributed by atoms with van der Waals surface area (Å²) in [7, 11) is 0. The summed E-state index contributed by atoms with van der Waals surface area (Å²) in [5.41, 5.74) is 0. The maximum atomic E-state index is 9.79. The SMILES string of the molecule is CC1(C)O[C@@H]2[C@@H](O1)[C@@H](O)[C@@H](CO)O[C@@H]2O. The first-order valence-corrected chi connectivity index (χ1v) is 4.93. The molecule has 15 heavy (non-hydrogen) atoms. The zero-order valence-electron chi connectivity index (χ0n) is 8.66. The lowest BCUT2D eigenvalue weighted by Gasteiger charge is -2.36. The summed E-state index contributed by atoms with van der Waals surface area (Å²) in [5, 5.41) is 28.3. The van der Waals surface area contributed by atoms with Crippen molar-refractivity contribution in [3.8, 4) is 0 Å². The lowest BCUT2D eigenvalue weighted by Crippen LogP contribution is -2.57. The van der Waals surface area contributed by atoms with Gasteiger partial charge in [-0.1, -0.05) is 0 Å². The Morgan fingerprint density at radius 2 is 1.73 bits per heavy atom. The molecule has 3 N–H and O–H groups in total. The molecular weight excluding hydrogens is 204 g/mol. The van der Waals surface area contributed by atoms with E-state index in [1.165, 1.54) is 0 Å². The molecule has 2 heterocycles. The van der Waals surface area contributed by atoms with Crippen LogP contribution in [0.1, 0.15) is 13.8 Å². The molecule has 0 aromatic heterocycles. The highest BCUT2D eigenvalue weighted by Gasteiger charge is 2.54. The molecule has 2 aliphatic heterocycles. The molecule has 0 aromatic carbocycles. The fourth-order valence-electron chi connectivity index (χ4n) is 2.00. The van der Waals surface area contributed by atoms with E-state index in [4.69, 9.17) is 19.3 Å². The van der Waals surface area contributed by atoms with E-state index in [9.17, 15) is 10.2 Å². The summed E-state index contributed by atoms with van der Waals surface area (Å²) in [5.74, 6) is -0.856. The van der Waals surface area contributed by atoms with Crippen LogP contribution in [-0.2, 0) is 14.2 Å². The summed E-state index contributed by atoms with van der Waals surface area (Å²) in [6.45, 7) is 3.02. The van der Waals surface area contributed by atoms with E-state index in [-0.39, 0.29) is 6.61 Å². The van der Waals surface area contributed by atoms with Crippen molar-refractivity contribution in [1.29, 1.82) is 0 Å². The van der Waals surface area contributed by atoms with Gasteiger partial charge in [-0.2, -0.15) is 0 Å². The molecule has 0 amide bonds. The fraction of sp³-hybridized carbons (Fsp3) is 1.00. The van der Waals surface area contributed by atoms with Crippen LogP contribution in [0.3, 0.4) is 0 Å². The summed E-state index contributed by atoms with van der Waals surface area (Å²) >= 11 is 0. The van der Waals surface area contributed by atoms with Gasteiger partial charge in [0, 0.05) is 0 Å². The van der Waals surface area contributed by atoms with E-state index in [0.717, 1.165) is 0 Å². The molecule has 0 aliphatic carbocycles. The highest BCUT2D eigenvalue weighted by molar-refractivity contribution is 4.95. The minimum atomic E-state index is -1.18. The van der Waals surface area contributed by atoms with Crippen molar-refractivity contribution in [2.24, 2.45) is 0 Å². The van der Waals surface area contributed by atoms with Gasteiger partial charge in [-0.25, -0.2) is 0 Å². The Morgan fingerprint density at radius 1 is 1.13 bits per heavy atom. The normalized spacial score (nSPS) is 49.0. The Labute approximate surface area is 87.4 Å². The second-order valence-electron chi connectivity index (χ2n) is 4.30. The third-order valence-corrected chi connectivity index (χ3v) is 2.66. The predicted octanol–water partition coefficient (Wildman–Crippen LogP) is -1.42. The first kappa shape index (κ1) is 11.3. The molecule has 2 aliphatic rings. The molecule has 0 aromatic rings. The molecule has 0 unspecified atom stereocenters. The number of hydrogen-bond acceptors (Lipinski definition) is 6. The van der Waals surface area contributed by atoms with E-state index < -0.39 is 36.5 Å². The molecule has 5 atom stereocenters. The van der Waals surface area contributed by atoms with Crippen LogP contribution in [0.4, 0.5) is 0 Å². The highest BCUT2D eigenvalue weighted by Crippen LogP contribution is 2.36. The van der Waals surface area contributed by atoms with Gasteiger partial charge in [-0.05, 0) is 13.8 Å². The van der Waals surface area contributed by atoms with Crippen LogP contribution < -0.4 is 0 Å². The van der Waals surface area contributed by atoms with Crippen molar-refractivity contribution in [2.45, 2.75) is 50.3 Å². The van der Waals surface area contributed by atoms with Crippen LogP contribution in [0.25, 0.3) is 0 Å². The summed E-state index contributed by atoms with van der Waals surface area (Å²) in [6.07, 6.45) is -4.39. The van der Waals surface area contributed by atoms with E-state index in [1.54, 1.807) is 13.8 Å².